The lowest BCUT2D eigenvalue weighted by Crippen LogP contribution is -2.32. The zero-order valence-electron chi connectivity index (χ0n) is 12.8. The fourth-order valence-corrected chi connectivity index (χ4v) is 2.59. The zero-order chi connectivity index (χ0) is 15.2. The molecule has 6 nitrogen and oxygen atoms in total. The number of carbonyl (C=O) groups excluding carboxylic acids is 1. The van der Waals surface area contributed by atoms with Crippen LogP contribution in [0.2, 0.25) is 0 Å². The number of amides is 1. The molecule has 0 saturated heterocycles. The van der Waals surface area contributed by atoms with Crippen molar-refractivity contribution in [1.82, 2.24) is 9.97 Å². The summed E-state index contributed by atoms with van der Waals surface area (Å²) in [6.45, 7) is 4.64. The van der Waals surface area contributed by atoms with Gasteiger partial charge in [-0.05, 0) is 39.0 Å². The van der Waals surface area contributed by atoms with Gasteiger partial charge in [0.1, 0.15) is 0 Å². The van der Waals surface area contributed by atoms with Crippen LogP contribution >= 0.6 is 0 Å². The number of rotatable bonds is 6. The van der Waals surface area contributed by atoms with Crippen molar-refractivity contribution in [3.05, 3.63) is 11.8 Å². The Kier molecular flexibility index (Phi) is 5.36. The third-order valence-electron chi connectivity index (χ3n) is 3.75. The number of carbonyl (C=O) groups is 1. The molecule has 3 N–H and O–H groups in total. The lowest BCUT2D eigenvalue weighted by molar-refractivity contribution is -0.122. The lowest BCUT2D eigenvalue weighted by Gasteiger charge is -2.27. The molecule has 1 heterocycles. The maximum atomic E-state index is 11.2. The maximum Gasteiger partial charge on any atom is 0.226 e. The first kappa shape index (κ1) is 15.5. The average molecular weight is 292 g/mol. The first-order valence-electron chi connectivity index (χ1n) is 7.62. The summed E-state index contributed by atoms with van der Waals surface area (Å²) in [4.78, 5) is 19.9. The fraction of sp³-hybridized carbons (Fsp3) is 0.667. The molecular weight excluding hydrogens is 268 g/mol. The van der Waals surface area contributed by atoms with Gasteiger partial charge in [0, 0.05) is 23.7 Å². The summed E-state index contributed by atoms with van der Waals surface area (Å²) in [5.41, 5.74) is 6.23. The maximum absolute atomic E-state index is 11.2. The van der Waals surface area contributed by atoms with Crippen LogP contribution in [0.5, 0.6) is 5.88 Å². The van der Waals surface area contributed by atoms with E-state index >= 15 is 0 Å². The van der Waals surface area contributed by atoms with Gasteiger partial charge >= 0.3 is 0 Å². The fourth-order valence-electron chi connectivity index (χ4n) is 2.59. The molecule has 0 spiro atoms. The Morgan fingerprint density at radius 1 is 1.38 bits per heavy atom. The van der Waals surface area contributed by atoms with Crippen molar-refractivity contribution in [3.63, 3.8) is 0 Å². The molecule has 116 valence electrons. The third kappa shape index (κ3) is 4.58. The van der Waals surface area contributed by atoms with Crippen molar-refractivity contribution in [1.29, 1.82) is 0 Å². The van der Waals surface area contributed by atoms with Gasteiger partial charge in [-0.25, -0.2) is 4.98 Å². The summed E-state index contributed by atoms with van der Waals surface area (Å²) >= 11 is 0. The van der Waals surface area contributed by atoms with E-state index in [1.165, 1.54) is 0 Å². The quantitative estimate of drug-likeness (QED) is 0.837. The van der Waals surface area contributed by atoms with Gasteiger partial charge in [-0.1, -0.05) is 6.92 Å². The van der Waals surface area contributed by atoms with Crippen LogP contribution in [0.1, 0.15) is 44.7 Å². The van der Waals surface area contributed by atoms with E-state index in [4.69, 9.17) is 10.5 Å². The molecule has 0 radical (unpaired) electrons. The number of primary amides is 1. The molecule has 1 aliphatic rings. The highest BCUT2D eigenvalue weighted by molar-refractivity contribution is 5.76. The van der Waals surface area contributed by atoms with Crippen LogP contribution in [-0.4, -0.2) is 28.5 Å². The second-order valence-electron chi connectivity index (χ2n) is 5.61. The van der Waals surface area contributed by atoms with Gasteiger partial charge < -0.3 is 15.8 Å². The summed E-state index contributed by atoms with van der Waals surface area (Å²) in [5.74, 6) is 1.04. The van der Waals surface area contributed by atoms with Crippen LogP contribution in [0, 0.1) is 12.8 Å². The van der Waals surface area contributed by atoms with Crippen LogP contribution in [0.4, 0.5) is 5.95 Å². The number of nitrogens with one attached hydrogen (secondary N) is 1. The summed E-state index contributed by atoms with van der Waals surface area (Å²) in [6, 6.07) is 2.13. The standard InChI is InChI=1S/C15H24N4O2/c1-3-8-21-13-9-10(2)17-15(19-13)18-12-6-4-11(5-7-12)14(16)20/h9,11-12H,3-8H2,1-2H3,(H2,16,20)(H,17,18,19). The predicted molar refractivity (Wildman–Crippen MR) is 81.1 cm³/mol. The molecular formula is C15H24N4O2. The monoisotopic (exact) mass is 292 g/mol. The van der Waals surface area contributed by atoms with Gasteiger partial charge in [-0.15, -0.1) is 0 Å². The second kappa shape index (κ2) is 7.24. The number of aryl methyl sites for hydroxylation is 1. The number of anilines is 1. The predicted octanol–water partition coefficient (Wildman–Crippen LogP) is 2.03. The largest absolute Gasteiger partial charge is 0.478 e. The van der Waals surface area contributed by atoms with Gasteiger partial charge in [-0.2, -0.15) is 4.98 Å². The van der Waals surface area contributed by atoms with Crippen LogP contribution < -0.4 is 15.8 Å². The Morgan fingerprint density at radius 3 is 2.71 bits per heavy atom. The van der Waals surface area contributed by atoms with Crippen LogP contribution in [0.15, 0.2) is 6.07 Å². The molecule has 0 unspecified atom stereocenters. The molecule has 1 fully saturated rings. The Balaban J connectivity index is 1.93. The van der Waals surface area contributed by atoms with Crippen molar-refractivity contribution in [3.8, 4) is 5.88 Å². The van der Waals surface area contributed by atoms with Gasteiger partial charge in [0.05, 0.1) is 6.61 Å². The second-order valence-corrected chi connectivity index (χ2v) is 5.61. The van der Waals surface area contributed by atoms with Gasteiger partial charge in [0.15, 0.2) is 0 Å². The molecule has 1 aliphatic carbocycles. The molecule has 0 atom stereocenters. The zero-order valence-corrected chi connectivity index (χ0v) is 12.8. The Labute approximate surface area is 125 Å². The van der Waals surface area contributed by atoms with E-state index < -0.39 is 0 Å². The smallest absolute Gasteiger partial charge is 0.226 e. The minimum atomic E-state index is -0.185. The molecule has 0 aromatic carbocycles. The van der Waals surface area contributed by atoms with Gasteiger partial charge in [0.25, 0.3) is 0 Å². The summed E-state index contributed by atoms with van der Waals surface area (Å²) in [7, 11) is 0. The number of nitrogens with two attached hydrogens (primary N) is 1. The minimum Gasteiger partial charge on any atom is -0.478 e. The van der Waals surface area contributed by atoms with E-state index in [0.29, 0.717) is 24.5 Å². The Bertz CT molecular complexity index is 485. The molecule has 0 bridgehead atoms. The van der Waals surface area contributed by atoms with E-state index in [2.05, 4.69) is 22.2 Å². The van der Waals surface area contributed by atoms with Crippen molar-refractivity contribution >= 4 is 11.9 Å². The Hall–Kier alpha value is -1.85. The van der Waals surface area contributed by atoms with Crippen LogP contribution in [0.3, 0.4) is 0 Å². The van der Waals surface area contributed by atoms with Crippen molar-refractivity contribution in [2.75, 3.05) is 11.9 Å². The van der Waals surface area contributed by atoms with E-state index in [1.54, 1.807) is 0 Å². The SMILES string of the molecule is CCCOc1cc(C)nc(NC2CCC(C(N)=O)CC2)n1. The molecule has 1 saturated carbocycles. The summed E-state index contributed by atoms with van der Waals surface area (Å²) in [5, 5.41) is 3.34. The number of ether oxygens (including phenoxy) is 1. The summed E-state index contributed by atoms with van der Waals surface area (Å²) in [6.07, 6.45) is 4.44. The number of hydrogen-bond acceptors (Lipinski definition) is 5. The highest BCUT2D eigenvalue weighted by atomic mass is 16.5. The van der Waals surface area contributed by atoms with Crippen LogP contribution in [-0.2, 0) is 4.79 Å². The van der Waals surface area contributed by atoms with Gasteiger partial charge in [-0.3, -0.25) is 4.79 Å². The summed E-state index contributed by atoms with van der Waals surface area (Å²) < 4.78 is 5.56. The van der Waals surface area contributed by atoms with Crippen LogP contribution in [0.25, 0.3) is 0 Å². The van der Waals surface area contributed by atoms with E-state index in [1.807, 2.05) is 13.0 Å². The number of nitrogens with zero attached hydrogens (tertiary/aromatic N) is 2. The lowest BCUT2D eigenvalue weighted by atomic mass is 9.86. The first-order valence-corrected chi connectivity index (χ1v) is 7.62. The van der Waals surface area contributed by atoms with Crippen molar-refractivity contribution < 1.29 is 9.53 Å². The molecule has 2 rings (SSSR count). The van der Waals surface area contributed by atoms with Gasteiger partial charge in [0.2, 0.25) is 17.7 Å². The van der Waals surface area contributed by atoms with Crippen molar-refractivity contribution in [2.45, 2.75) is 52.0 Å². The average Bonchev–Trinajstić information content (AvgIpc) is 2.45. The van der Waals surface area contributed by atoms with E-state index in [9.17, 15) is 4.79 Å². The first-order chi connectivity index (χ1) is 10.1. The molecule has 21 heavy (non-hydrogen) atoms. The minimum absolute atomic E-state index is 0.0185. The molecule has 6 heteroatoms. The van der Waals surface area contributed by atoms with Crippen molar-refractivity contribution in [2.24, 2.45) is 11.7 Å². The molecule has 1 amide bonds. The Morgan fingerprint density at radius 2 is 2.10 bits per heavy atom. The topological polar surface area (TPSA) is 90.1 Å². The van der Waals surface area contributed by atoms with E-state index in [0.717, 1.165) is 37.8 Å². The normalized spacial score (nSPS) is 21.8. The number of aromatic nitrogens is 2. The molecule has 1 aromatic rings. The van der Waals surface area contributed by atoms with E-state index in [-0.39, 0.29) is 11.8 Å². The highest BCUT2D eigenvalue weighted by Gasteiger charge is 2.25. The number of hydrogen-bond donors (Lipinski definition) is 2. The third-order valence-corrected chi connectivity index (χ3v) is 3.75. The molecule has 0 aliphatic heterocycles. The highest BCUT2D eigenvalue weighted by Crippen LogP contribution is 2.26. The molecule has 1 aromatic heterocycles.